The average molecular weight is 201 g/mol. The van der Waals surface area contributed by atoms with Crippen LogP contribution in [0.1, 0.15) is 26.2 Å². The minimum absolute atomic E-state index is 0.192. The topological polar surface area (TPSA) is 86.6 Å². The molecule has 0 heterocycles. The quantitative estimate of drug-likeness (QED) is 0.574. The van der Waals surface area contributed by atoms with Crippen molar-refractivity contribution in [1.29, 1.82) is 0 Å². The molecule has 0 radical (unpaired) electrons. The van der Waals surface area contributed by atoms with Crippen LogP contribution in [0.25, 0.3) is 0 Å². The second-order valence-corrected chi connectivity index (χ2v) is 3.72. The molecule has 5 heteroatoms. The molecule has 1 rings (SSSR count). The molecule has 0 unspecified atom stereocenters. The zero-order chi connectivity index (χ0) is 10.7. The molecule has 5 nitrogen and oxygen atoms in total. The molecule has 1 amide bonds. The molecular formula is C9H15NO4. The van der Waals surface area contributed by atoms with Crippen LogP contribution in [0.5, 0.6) is 0 Å². The van der Waals surface area contributed by atoms with Crippen molar-refractivity contribution in [3.05, 3.63) is 0 Å². The van der Waals surface area contributed by atoms with Crippen LogP contribution in [0, 0.1) is 5.92 Å². The van der Waals surface area contributed by atoms with E-state index in [0.29, 0.717) is 12.8 Å². The van der Waals surface area contributed by atoms with E-state index in [1.807, 2.05) is 0 Å². The number of amides is 1. The summed E-state index contributed by atoms with van der Waals surface area (Å²) < 4.78 is 0. The van der Waals surface area contributed by atoms with Crippen LogP contribution in [0.2, 0.25) is 0 Å². The van der Waals surface area contributed by atoms with E-state index in [4.69, 9.17) is 5.11 Å². The Hall–Kier alpha value is -1.10. The summed E-state index contributed by atoms with van der Waals surface area (Å²) in [6.45, 7) is 1.38. The summed E-state index contributed by atoms with van der Waals surface area (Å²) in [5, 5.41) is 20.9. The first-order valence-corrected chi connectivity index (χ1v) is 4.68. The maximum absolute atomic E-state index is 10.7. The predicted octanol–water partition coefficient (Wildman–Crippen LogP) is -0.263. The first-order chi connectivity index (χ1) is 6.50. The van der Waals surface area contributed by atoms with E-state index >= 15 is 0 Å². The summed E-state index contributed by atoms with van der Waals surface area (Å²) in [5.41, 5.74) is 0. The highest BCUT2D eigenvalue weighted by Gasteiger charge is 2.32. The van der Waals surface area contributed by atoms with Crippen molar-refractivity contribution in [2.45, 2.75) is 38.3 Å². The molecule has 1 aliphatic rings. The number of nitrogens with one attached hydrogen (secondary N) is 1. The first-order valence-electron chi connectivity index (χ1n) is 4.68. The van der Waals surface area contributed by atoms with Gasteiger partial charge in [-0.2, -0.15) is 0 Å². The Morgan fingerprint density at radius 2 is 2.00 bits per heavy atom. The smallest absolute Gasteiger partial charge is 0.306 e. The number of carboxylic acids is 1. The fourth-order valence-electron chi connectivity index (χ4n) is 1.80. The summed E-state index contributed by atoms with van der Waals surface area (Å²) in [7, 11) is 0. The zero-order valence-electron chi connectivity index (χ0n) is 8.06. The average Bonchev–Trinajstić information content (AvgIpc) is 2.07. The molecule has 0 spiro atoms. The van der Waals surface area contributed by atoms with Gasteiger partial charge in [-0.15, -0.1) is 0 Å². The molecule has 3 atom stereocenters. The number of carboxylic acid groups (broad SMARTS) is 1. The summed E-state index contributed by atoms with van der Waals surface area (Å²) in [6.07, 6.45) is 0.517. The Bertz CT molecular complexity index is 241. The van der Waals surface area contributed by atoms with E-state index in [1.54, 1.807) is 0 Å². The number of rotatable bonds is 2. The molecular weight excluding hydrogens is 186 g/mol. The number of aliphatic hydroxyl groups excluding tert-OH is 1. The summed E-state index contributed by atoms with van der Waals surface area (Å²) in [6, 6.07) is -0.289. The lowest BCUT2D eigenvalue weighted by molar-refractivity contribution is -0.144. The minimum atomic E-state index is -0.870. The molecule has 1 fully saturated rings. The fourth-order valence-corrected chi connectivity index (χ4v) is 1.80. The van der Waals surface area contributed by atoms with E-state index in [1.165, 1.54) is 6.92 Å². The van der Waals surface area contributed by atoms with E-state index < -0.39 is 18.0 Å². The Labute approximate surface area is 82.1 Å². The van der Waals surface area contributed by atoms with Gasteiger partial charge in [0, 0.05) is 6.92 Å². The SMILES string of the molecule is CC(=O)N[C@@H]1CC[C@H](C(=O)O)C[C@H]1O. The highest BCUT2D eigenvalue weighted by molar-refractivity contribution is 5.73. The molecule has 0 aromatic carbocycles. The van der Waals surface area contributed by atoms with E-state index in [2.05, 4.69) is 5.32 Å². The van der Waals surface area contributed by atoms with Gasteiger partial charge in [-0.1, -0.05) is 0 Å². The normalized spacial score (nSPS) is 32.3. The lowest BCUT2D eigenvalue weighted by Gasteiger charge is -2.31. The summed E-state index contributed by atoms with van der Waals surface area (Å²) >= 11 is 0. The van der Waals surface area contributed by atoms with Gasteiger partial charge >= 0.3 is 5.97 Å². The Morgan fingerprint density at radius 3 is 2.43 bits per heavy atom. The predicted molar refractivity (Wildman–Crippen MR) is 48.6 cm³/mol. The van der Waals surface area contributed by atoms with Crippen LogP contribution >= 0.6 is 0 Å². The molecule has 0 aromatic rings. The number of hydrogen-bond acceptors (Lipinski definition) is 3. The van der Waals surface area contributed by atoms with Crippen LogP contribution in [-0.4, -0.2) is 34.2 Å². The third kappa shape index (κ3) is 2.70. The number of aliphatic carboxylic acids is 1. The lowest BCUT2D eigenvalue weighted by atomic mass is 9.84. The van der Waals surface area contributed by atoms with Gasteiger partial charge in [-0.3, -0.25) is 9.59 Å². The number of carbonyl (C=O) groups is 2. The van der Waals surface area contributed by atoms with Crippen molar-refractivity contribution in [2.24, 2.45) is 5.92 Å². The van der Waals surface area contributed by atoms with Gasteiger partial charge in [0.05, 0.1) is 18.1 Å². The van der Waals surface area contributed by atoms with Gasteiger partial charge in [0.2, 0.25) is 5.91 Å². The summed E-state index contributed by atoms with van der Waals surface area (Å²) in [4.78, 5) is 21.4. The van der Waals surface area contributed by atoms with Gasteiger partial charge in [-0.05, 0) is 19.3 Å². The molecule has 0 aliphatic heterocycles. The Morgan fingerprint density at radius 1 is 1.36 bits per heavy atom. The van der Waals surface area contributed by atoms with Gasteiger partial charge in [0.25, 0.3) is 0 Å². The molecule has 14 heavy (non-hydrogen) atoms. The van der Waals surface area contributed by atoms with Gasteiger partial charge in [0.15, 0.2) is 0 Å². The third-order valence-electron chi connectivity index (χ3n) is 2.55. The van der Waals surface area contributed by atoms with Crippen LogP contribution in [0.3, 0.4) is 0 Å². The van der Waals surface area contributed by atoms with Crippen molar-refractivity contribution in [2.75, 3.05) is 0 Å². The Balaban J connectivity index is 2.47. The van der Waals surface area contributed by atoms with Gasteiger partial charge in [0.1, 0.15) is 0 Å². The monoisotopic (exact) mass is 201 g/mol. The van der Waals surface area contributed by atoms with Gasteiger partial charge < -0.3 is 15.5 Å². The van der Waals surface area contributed by atoms with Crippen molar-refractivity contribution in [3.8, 4) is 0 Å². The molecule has 3 N–H and O–H groups in total. The second kappa shape index (κ2) is 4.41. The number of hydrogen-bond donors (Lipinski definition) is 3. The van der Waals surface area contributed by atoms with Crippen LogP contribution in [0.15, 0.2) is 0 Å². The molecule has 0 aromatic heterocycles. The van der Waals surface area contributed by atoms with Crippen molar-refractivity contribution in [3.63, 3.8) is 0 Å². The molecule has 0 bridgehead atoms. The maximum atomic E-state index is 10.7. The first kappa shape index (κ1) is 11.0. The van der Waals surface area contributed by atoms with Crippen molar-refractivity contribution < 1.29 is 19.8 Å². The number of aliphatic hydroxyl groups is 1. The zero-order valence-corrected chi connectivity index (χ0v) is 8.06. The van der Waals surface area contributed by atoms with Crippen molar-refractivity contribution in [1.82, 2.24) is 5.32 Å². The van der Waals surface area contributed by atoms with E-state index in [0.717, 1.165) is 0 Å². The maximum Gasteiger partial charge on any atom is 0.306 e. The molecule has 1 saturated carbocycles. The molecule has 80 valence electrons. The number of carbonyl (C=O) groups excluding carboxylic acids is 1. The van der Waals surface area contributed by atoms with Crippen LogP contribution in [-0.2, 0) is 9.59 Å². The minimum Gasteiger partial charge on any atom is -0.481 e. The van der Waals surface area contributed by atoms with Crippen LogP contribution < -0.4 is 5.32 Å². The largest absolute Gasteiger partial charge is 0.481 e. The second-order valence-electron chi connectivity index (χ2n) is 3.72. The van der Waals surface area contributed by atoms with Gasteiger partial charge in [-0.25, -0.2) is 0 Å². The lowest BCUT2D eigenvalue weighted by Crippen LogP contribution is -2.47. The molecule has 0 saturated heterocycles. The highest BCUT2D eigenvalue weighted by atomic mass is 16.4. The highest BCUT2D eigenvalue weighted by Crippen LogP contribution is 2.24. The summed E-state index contributed by atoms with van der Waals surface area (Å²) in [5.74, 6) is -1.54. The van der Waals surface area contributed by atoms with Crippen molar-refractivity contribution >= 4 is 11.9 Å². The van der Waals surface area contributed by atoms with E-state index in [-0.39, 0.29) is 18.4 Å². The van der Waals surface area contributed by atoms with E-state index in [9.17, 15) is 14.7 Å². The third-order valence-corrected chi connectivity index (χ3v) is 2.55. The Kier molecular flexibility index (Phi) is 3.46. The van der Waals surface area contributed by atoms with Crippen LogP contribution in [0.4, 0.5) is 0 Å². The molecule has 1 aliphatic carbocycles. The fraction of sp³-hybridized carbons (Fsp3) is 0.778. The standard InChI is InChI=1S/C9H15NO4/c1-5(11)10-7-3-2-6(9(13)14)4-8(7)12/h6-8,12H,2-4H2,1H3,(H,10,11)(H,13,14)/t6-,7+,8+/m0/s1.